The second kappa shape index (κ2) is 6.97. The van der Waals surface area contributed by atoms with Crippen LogP contribution in [0.1, 0.15) is 42.4 Å². The highest BCUT2D eigenvalue weighted by Crippen LogP contribution is 2.46. The van der Waals surface area contributed by atoms with Crippen LogP contribution >= 0.6 is 0 Å². The number of nitrogens with zero attached hydrogens (tertiary/aromatic N) is 1. The average Bonchev–Trinajstić information content (AvgIpc) is 2.95. The van der Waals surface area contributed by atoms with Crippen molar-refractivity contribution in [1.29, 1.82) is 0 Å². The Morgan fingerprint density at radius 1 is 1.15 bits per heavy atom. The number of piperidine rings is 1. The van der Waals surface area contributed by atoms with E-state index in [1.165, 1.54) is 0 Å². The van der Waals surface area contributed by atoms with E-state index in [9.17, 15) is 14.3 Å². The van der Waals surface area contributed by atoms with E-state index >= 15 is 0 Å². The number of carbonyl (C=O) groups is 1. The second-order valence-electron chi connectivity index (χ2n) is 7.71. The third-order valence-corrected chi connectivity index (χ3v) is 5.88. The number of aryl methyl sites for hydroxylation is 1. The van der Waals surface area contributed by atoms with Crippen molar-refractivity contribution in [3.8, 4) is 0 Å². The summed E-state index contributed by atoms with van der Waals surface area (Å²) >= 11 is 0. The lowest BCUT2D eigenvalue weighted by Crippen LogP contribution is -2.52. The van der Waals surface area contributed by atoms with E-state index in [1.807, 2.05) is 30.3 Å². The zero-order valence-corrected chi connectivity index (χ0v) is 15.4. The number of ether oxygens (including phenoxy) is 1. The molecule has 27 heavy (non-hydrogen) atoms. The van der Waals surface area contributed by atoms with E-state index in [-0.39, 0.29) is 30.6 Å². The highest BCUT2D eigenvalue weighted by Gasteiger charge is 2.51. The van der Waals surface area contributed by atoms with E-state index in [0.29, 0.717) is 24.0 Å². The molecule has 0 aliphatic carbocycles. The van der Waals surface area contributed by atoms with Crippen LogP contribution in [0.5, 0.6) is 0 Å². The number of carbonyl (C=O) groups excluding carboxylic acids is 1. The van der Waals surface area contributed by atoms with Gasteiger partial charge in [0.05, 0.1) is 5.60 Å². The van der Waals surface area contributed by atoms with Crippen molar-refractivity contribution in [2.45, 2.75) is 56.9 Å². The lowest BCUT2D eigenvalue weighted by Gasteiger charge is -2.43. The summed E-state index contributed by atoms with van der Waals surface area (Å²) in [6, 6.07) is 14.4. The minimum absolute atomic E-state index is 0.128. The Labute approximate surface area is 158 Å². The molecule has 2 bridgehead atoms. The lowest BCUT2D eigenvalue weighted by molar-refractivity contribution is -0.0557. The Kier molecular flexibility index (Phi) is 4.64. The third-order valence-electron chi connectivity index (χ3n) is 5.88. The van der Waals surface area contributed by atoms with Crippen molar-refractivity contribution in [2.75, 3.05) is 0 Å². The van der Waals surface area contributed by atoms with E-state index in [4.69, 9.17) is 4.74 Å². The van der Waals surface area contributed by atoms with Crippen molar-refractivity contribution < 1.29 is 19.0 Å². The molecule has 0 spiro atoms. The van der Waals surface area contributed by atoms with Gasteiger partial charge in [0.25, 0.3) is 0 Å². The summed E-state index contributed by atoms with van der Waals surface area (Å²) in [5.74, 6) is -0.348. The van der Waals surface area contributed by atoms with Crippen molar-refractivity contribution >= 4 is 6.09 Å². The maximum Gasteiger partial charge on any atom is 0.410 e. The molecule has 0 aromatic heterocycles. The molecule has 2 fully saturated rings. The molecule has 1 amide bonds. The minimum atomic E-state index is -1.24. The van der Waals surface area contributed by atoms with Crippen molar-refractivity contribution in [3.05, 3.63) is 71.0 Å². The van der Waals surface area contributed by atoms with Crippen LogP contribution in [0.3, 0.4) is 0 Å². The number of amides is 1. The summed E-state index contributed by atoms with van der Waals surface area (Å²) in [5.41, 5.74) is 0.571. The molecule has 2 atom stereocenters. The maximum atomic E-state index is 14.6. The number of hydrogen-bond donors (Lipinski definition) is 1. The molecular formula is C22H24FNO3. The zero-order valence-electron chi connectivity index (χ0n) is 15.4. The van der Waals surface area contributed by atoms with Gasteiger partial charge in [0.2, 0.25) is 0 Å². The molecule has 2 aliphatic rings. The van der Waals surface area contributed by atoms with E-state index in [2.05, 4.69) is 0 Å². The average molecular weight is 369 g/mol. The van der Waals surface area contributed by atoms with Gasteiger partial charge in [-0.25, -0.2) is 9.18 Å². The summed E-state index contributed by atoms with van der Waals surface area (Å²) < 4.78 is 20.1. The van der Waals surface area contributed by atoms with Gasteiger partial charge in [0.15, 0.2) is 0 Å². The van der Waals surface area contributed by atoms with Crippen LogP contribution in [0.15, 0.2) is 48.5 Å². The highest BCUT2D eigenvalue weighted by molar-refractivity contribution is 5.69. The first kappa shape index (κ1) is 18.0. The minimum Gasteiger partial charge on any atom is -0.445 e. The van der Waals surface area contributed by atoms with E-state index < -0.39 is 5.60 Å². The van der Waals surface area contributed by atoms with Crippen molar-refractivity contribution in [2.24, 2.45) is 0 Å². The summed E-state index contributed by atoms with van der Waals surface area (Å²) in [7, 11) is 0. The van der Waals surface area contributed by atoms with Crippen LogP contribution in [0.2, 0.25) is 0 Å². The van der Waals surface area contributed by atoms with Gasteiger partial charge in [-0.2, -0.15) is 0 Å². The summed E-state index contributed by atoms with van der Waals surface area (Å²) in [5, 5.41) is 11.2. The normalized spacial score (nSPS) is 26.9. The van der Waals surface area contributed by atoms with Crippen LogP contribution in [0, 0.1) is 12.7 Å². The van der Waals surface area contributed by atoms with Gasteiger partial charge in [0.1, 0.15) is 12.4 Å². The molecule has 2 heterocycles. The Morgan fingerprint density at radius 3 is 2.48 bits per heavy atom. The second-order valence-corrected chi connectivity index (χ2v) is 7.71. The van der Waals surface area contributed by atoms with Gasteiger partial charge in [0, 0.05) is 30.5 Å². The van der Waals surface area contributed by atoms with E-state index in [1.54, 1.807) is 30.0 Å². The third kappa shape index (κ3) is 3.32. The molecule has 2 saturated heterocycles. The molecule has 2 aliphatic heterocycles. The summed E-state index contributed by atoms with van der Waals surface area (Å²) in [4.78, 5) is 14.4. The number of benzene rings is 2. The Morgan fingerprint density at radius 2 is 1.81 bits per heavy atom. The van der Waals surface area contributed by atoms with Crippen LogP contribution in [0.25, 0.3) is 0 Å². The van der Waals surface area contributed by atoms with Crippen LogP contribution in [-0.2, 0) is 16.9 Å². The first-order valence-corrected chi connectivity index (χ1v) is 9.45. The summed E-state index contributed by atoms with van der Waals surface area (Å²) in [6.07, 6.45) is 1.94. The number of rotatable bonds is 3. The first-order chi connectivity index (χ1) is 13.0. The standard InChI is InChI=1S/C22H24FNO3/c1-15-6-5-9-19(20(15)23)22(26)12-17-10-11-18(13-22)24(17)21(25)27-14-16-7-3-2-4-8-16/h2-9,17-18,26H,10-14H2,1H3. The van der Waals surface area contributed by atoms with Crippen molar-refractivity contribution in [1.82, 2.24) is 4.90 Å². The molecular weight excluding hydrogens is 345 g/mol. The topological polar surface area (TPSA) is 49.8 Å². The van der Waals surface area contributed by atoms with Gasteiger partial charge in [-0.3, -0.25) is 0 Å². The summed E-state index contributed by atoms with van der Waals surface area (Å²) in [6.45, 7) is 1.93. The van der Waals surface area contributed by atoms with Gasteiger partial charge in [-0.15, -0.1) is 0 Å². The molecule has 5 heteroatoms. The Bertz CT molecular complexity index is 825. The SMILES string of the molecule is Cc1cccc(C2(O)CC3CCC(C2)N3C(=O)OCc2ccccc2)c1F. The van der Waals surface area contributed by atoms with Gasteiger partial charge in [-0.05, 0) is 30.9 Å². The smallest absolute Gasteiger partial charge is 0.410 e. The fraction of sp³-hybridized carbons (Fsp3) is 0.409. The van der Waals surface area contributed by atoms with Crippen molar-refractivity contribution in [3.63, 3.8) is 0 Å². The fourth-order valence-electron chi connectivity index (χ4n) is 4.54. The molecule has 0 saturated carbocycles. The molecule has 2 unspecified atom stereocenters. The molecule has 1 N–H and O–H groups in total. The number of halogens is 1. The quantitative estimate of drug-likeness (QED) is 0.878. The monoisotopic (exact) mass is 369 g/mol. The largest absolute Gasteiger partial charge is 0.445 e. The molecule has 2 aromatic rings. The Balaban J connectivity index is 1.49. The highest BCUT2D eigenvalue weighted by atomic mass is 19.1. The van der Waals surface area contributed by atoms with Crippen LogP contribution < -0.4 is 0 Å². The van der Waals surface area contributed by atoms with Crippen LogP contribution in [-0.4, -0.2) is 28.2 Å². The van der Waals surface area contributed by atoms with Gasteiger partial charge < -0.3 is 14.7 Å². The molecule has 0 radical (unpaired) electrons. The Hall–Kier alpha value is -2.40. The molecule has 142 valence electrons. The zero-order chi connectivity index (χ0) is 19.0. The number of hydrogen-bond acceptors (Lipinski definition) is 3. The maximum absolute atomic E-state index is 14.6. The molecule has 2 aromatic carbocycles. The number of fused-ring (bicyclic) bond motifs is 2. The van der Waals surface area contributed by atoms with Gasteiger partial charge in [-0.1, -0.05) is 48.5 Å². The number of aliphatic hydroxyl groups is 1. The molecule has 4 rings (SSSR count). The van der Waals surface area contributed by atoms with Gasteiger partial charge >= 0.3 is 6.09 Å². The van der Waals surface area contributed by atoms with Crippen LogP contribution in [0.4, 0.5) is 9.18 Å². The first-order valence-electron chi connectivity index (χ1n) is 9.45. The predicted molar refractivity (Wildman–Crippen MR) is 99.5 cm³/mol. The predicted octanol–water partition coefficient (Wildman–Crippen LogP) is 4.29. The fourth-order valence-corrected chi connectivity index (χ4v) is 4.54. The van der Waals surface area contributed by atoms with E-state index in [0.717, 1.165) is 18.4 Å². The lowest BCUT2D eigenvalue weighted by atomic mass is 9.80. The molecule has 4 nitrogen and oxygen atoms in total.